The first-order valence-electron chi connectivity index (χ1n) is 4.16. The van der Waals surface area contributed by atoms with Crippen LogP contribution in [0.2, 0.25) is 0 Å². The van der Waals surface area contributed by atoms with Gasteiger partial charge in [0, 0.05) is 13.1 Å². The molecule has 0 bridgehead atoms. The predicted octanol–water partition coefficient (Wildman–Crippen LogP) is -2.23. The predicted molar refractivity (Wildman–Crippen MR) is 53.8 cm³/mol. The van der Waals surface area contributed by atoms with Gasteiger partial charge in [-0.25, -0.2) is 0 Å². The zero-order valence-corrected chi connectivity index (χ0v) is 14.2. The average Bonchev–Trinajstić information content (AvgIpc) is 2.10. The van der Waals surface area contributed by atoms with Crippen molar-refractivity contribution in [3.8, 4) is 0 Å². The number of rotatable bonds is 3. The van der Waals surface area contributed by atoms with E-state index >= 15 is 0 Å². The largest absolute Gasteiger partial charge is 1.00 e. The van der Waals surface area contributed by atoms with E-state index in [-0.39, 0.29) is 64.2 Å². The zero-order valence-electron chi connectivity index (χ0n) is 9.29. The number of anilines is 1. The van der Waals surface area contributed by atoms with Crippen LogP contribution in [0.5, 0.6) is 0 Å². The molecular weight excluding hydrogens is 254 g/mol. The van der Waals surface area contributed by atoms with Crippen LogP contribution in [0.4, 0.5) is 11.4 Å². The molecule has 0 unspecified atom stereocenters. The Morgan fingerprint density at radius 2 is 1.71 bits per heavy atom. The van der Waals surface area contributed by atoms with Crippen molar-refractivity contribution in [3.63, 3.8) is 0 Å². The third-order valence-corrected chi connectivity index (χ3v) is 2.21. The van der Waals surface area contributed by atoms with Gasteiger partial charge in [0.1, 0.15) is 0 Å². The molecule has 1 rings (SSSR count). The van der Waals surface area contributed by atoms with Crippen molar-refractivity contribution < 1.29 is 58.2 Å². The third kappa shape index (κ3) is 2.35. The maximum Gasteiger partial charge on any atom is 1.00 e. The Bertz CT molecular complexity index is 380. The minimum absolute atomic E-state index is 0. The Morgan fingerprint density at radius 1 is 1.21 bits per heavy atom. The summed E-state index contributed by atoms with van der Waals surface area (Å²) in [6.45, 7) is 3.91. The van der Waals surface area contributed by atoms with E-state index in [1.165, 1.54) is 7.05 Å². The van der Waals surface area contributed by atoms with Gasteiger partial charge in [0.05, 0.1) is 5.69 Å². The molecule has 5 heteroatoms. The van der Waals surface area contributed by atoms with Gasteiger partial charge in [-0.05, 0) is 13.8 Å². The molecule has 4 nitrogen and oxygen atoms in total. The van der Waals surface area contributed by atoms with Gasteiger partial charge in [-0.3, -0.25) is 9.59 Å². The summed E-state index contributed by atoms with van der Waals surface area (Å²) in [6, 6.07) is 0.198. The first kappa shape index (κ1) is 14.5. The van der Waals surface area contributed by atoms with Gasteiger partial charge < -0.3 is 10.2 Å². The first-order valence-corrected chi connectivity index (χ1v) is 4.16. The van der Waals surface area contributed by atoms with Crippen molar-refractivity contribution >= 4 is 11.4 Å². The van der Waals surface area contributed by atoms with Crippen LogP contribution >= 0.6 is 0 Å². The quantitative estimate of drug-likeness (QED) is 0.582. The second-order valence-corrected chi connectivity index (χ2v) is 3.28. The molecule has 0 aliphatic heterocycles. The fourth-order valence-electron chi connectivity index (χ4n) is 1.16. The van der Waals surface area contributed by atoms with Gasteiger partial charge >= 0.3 is 58.2 Å². The smallest absolute Gasteiger partial charge is 0.682 e. The number of hydrogen-bond donors (Lipinski definition) is 0. The molecule has 0 aromatic heterocycles. The summed E-state index contributed by atoms with van der Waals surface area (Å²) in [5, 5.41) is 3.78. The summed E-state index contributed by atoms with van der Waals surface area (Å²) < 4.78 is 0. The molecule has 0 amide bonds. The van der Waals surface area contributed by atoms with Crippen LogP contribution in [0.1, 0.15) is 13.8 Å². The minimum Gasteiger partial charge on any atom is -0.682 e. The Balaban J connectivity index is 0.00000169. The molecule has 0 aliphatic carbocycles. The van der Waals surface area contributed by atoms with Gasteiger partial charge in [0.2, 0.25) is 10.9 Å². The van der Waals surface area contributed by atoms with Crippen LogP contribution in [-0.4, -0.2) is 20.1 Å². The molecule has 0 fully saturated rings. The van der Waals surface area contributed by atoms with E-state index in [0.717, 1.165) is 0 Å². The second-order valence-electron chi connectivity index (χ2n) is 3.28. The Kier molecular flexibility index (Phi) is 5.73. The monoisotopic (exact) mass is 266 g/mol. The van der Waals surface area contributed by atoms with Crippen molar-refractivity contribution in [1.82, 2.24) is 0 Å². The van der Waals surface area contributed by atoms with Crippen LogP contribution in [0.15, 0.2) is 9.59 Å². The molecule has 1 aromatic rings. The van der Waals surface area contributed by atoms with Crippen molar-refractivity contribution in [2.24, 2.45) is 0 Å². The van der Waals surface area contributed by atoms with E-state index in [0.29, 0.717) is 11.4 Å². The summed E-state index contributed by atoms with van der Waals surface area (Å²) in [5.74, 6) is 0. The molecule has 72 valence electrons. The molecule has 0 aliphatic rings. The van der Waals surface area contributed by atoms with E-state index in [4.69, 9.17) is 0 Å². The second kappa shape index (κ2) is 5.54. The van der Waals surface area contributed by atoms with E-state index in [2.05, 4.69) is 5.32 Å². The van der Waals surface area contributed by atoms with Gasteiger partial charge in [0.15, 0.2) is 0 Å². The first-order chi connectivity index (χ1) is 6.00. The molecule has 0 saturated carbocycles. The van der Waals surface area contributed by atoms with Gasteiger partial charge in [0.25, 0.3) is 0 Å². The fourth-order valence-corrected chi connectivity index (χ4v) is 1.16. The summed E-state index contributed by atoms with van der Waals surface area (Å²) in [7, 11) is 3.31. The van der Waals surface area contributed by atoms with Crippen molar-refractivity contribution in [2.45, 2.75) is 19.9 Å². The number of nitrogens with zero attached hydrogens (tertiary/aromatic N) is 2. The number of hydrogen-bond acceptors (Lipinski definition) is 3. The topological polar surface area (TPSA) is 51.5 Å². The SMILES string of the molecule is C[N-]c1c(N(C)C(C)C)c(=O)c1=O.[Rb+]. The van der Waals surface area contributed by atoms with Crippen LogP contribution in [-0.2, 0) is 0 Å². The molecule has 1 aromatic carbocycles. The molecule has 14 heavy (non-hydrogen) atoms. The summed E-state index contributed by atoms with van der Waals surface area (Å²) in [6.07, 6.45) is 0. The van der Waals surface area contributed by atoms with E-state index in [9.17, 15) is 9.59 Å². The molecular formula is C9H13N2O2Rb. The molecule has 0 N–H and O–H groups in total. The molecule has 0 saturated heterocycles. The normalized spacial score (nSPS) is 10.1. The Morgan fingerprint density at radius 3 is 2.07 bits per heavy atom. The van der Waals surface area contributed by atoms with Crippen LogP contribution in [0.25, 0.3) is 5.32 Å². The summed E-state index contributed by atoms with van der Waals surface area (Å²) in [5.41, 5.74) is -0.134. The Hall–Kier alpha value is 0.485. The van der Waals surface area contributed by atoms with Crippen molar-refractivity contribution in [2.75, 3.05) is 19.0 Å². The van der Waals surface area contributed by atoms with Crippen LogP contribution in [0.3, 0.4) is 0 Å². The van der Waals surface area contributed by atoms with Crippen molar-refractivity contribution in [1.29, 1.82) is 0 Å². The van der Waals surface area contributed by atoms with E-state index < -0.39 is 10.9 Å². The van der Waals surface area contributed by atoms with E-state index in [1.807, 2.05) is 13.8 Å². The molecule has 0 radical (unpaired) electrons. The fraction of sp³-hybridized carbons (Fsp3) is 0.556. The standard InChI is InChI=1S/C9H14N2O2.Rb/c1-5(2)11(4)7-6(10-3)8(12)9(7)13;/h5H,1-4H3,(H,10,13);/q;+1/p-1. The van der Waals surface area contributed by atoms with Crippen LogP contribution < -0.4 is 73.9 Å². The maximum atomic E-state index is 11.2. The van der Waals surface area contributed by atoms with Crippen LogP contribution in [0, 0.1) is 0 Å². The zero-order chi connectivity index (χ0) is 10.2. The summed E-state index contributed by atoms with van der Waals surface area (Å²) in [4.78, 5) is 23.9. The average molecular weight is 267 g/mol. The Labute approximate surface area is 132 Å². The van der Waals surface area contributed by atoms with Gasteiger partial charge in [-0.15, -0.1) is 7.05 Å². The van der Waals surface area contributed by atoms with Crippen molar-refractivity contribution in [3.05, 3.63) is 25.8 Å². The molecule has 0 atom stereocenters. The van der Waals surface area contributed by atoms with Gasteiger partial charge in [-0.2, -0.15) is 0 Å². The molecule has 0 heterocycles. The third-order valence-electron chi connectivity index (χ3n) is 2.21. The van der Waals surface area contributed by atoms with E-state index in [1.54, 1.807) is 11.9 Å². The van der Waals surface area contributed by atoms with Gasteiger partial charge in [-0.1, -0.05) is 5.69 Å². The molecule has 0 spiro atoms. The minimum atomic E-state index is -0.468. The maximum absolute atomic E-state index is 11.2. The summed E-state index contributed by atoms with van der Waals surface area (Å²) >= 11 is 0.